The zero-order valence-electron chi connectivity index (χ0n) is 15.1. The van der Waals surface area contributed by atoms with E-state index < -0.39 is 24.4 Å². The zero-order chi connectivity index (χ0) is 17.6. The van der Waals surface area contributed by atoms with E-state index in [1.54, 1.807) is 0 Å². The van der Waals surface area contributed by atoms with Gasteiger partial charge in [-0.1, -0.05) is 44.8 Å². The van der Waals surface area contributed by atoms with Crippen molar-refractivity contribution in [2.45, 2.75) is 89.1 Å². The van der Waals surface area contributed by atoms with Gasteiger partial charge < -0.3 is 24.8 Å². The number of rotatable bonds is 13. The number of unbranched alkanes of at least 4 members (excludes halogenated alkanes) is 7. The number of aliphatic hydroxyl groups excluding tert-OH is 3. The van der Waals surface area contributed by atoms with Crippen molar-refractivity contribution in [2.75, 3.05) is 19.8 Å². The quantitative estimate of drug-likeness (QED) is 0.353. The molecule has 0 aromatic heterocycles. The maximum Gasteiger partial charge on any atom is 0.111 e. The van der Waals surface area contributed by atoms with Gasteiger partial charge in [-0.05, 0) is 32.1 Å². The third-order valence-corrected chi connectivity index (χ3v) is 4.44. The minimum atomic E-state index is -1.15. The molecular formula is C19H36O5. The van der Waals surface area contributed by atoms with Crippen LogP contribution in [0.5, 0.6) is 0 Å². The Morgan fingerprint density at radius 3 is 2.25 bits per heavy atom. The van der Waals surface area contributed by atoms with E-state index >= 15 is 0 Å². The molecule has 5 nitrogen and oxygen atoms in total. The maximum atomic E-state index is 9.78. The van der Waals surface area contributed by atoms with Gasteiger partial charge in [0.15, 0.2) is 0 Å². The van der Waals surface area contributed by atoms with Crippen LogP contribution in [0, 0.1) is 0 Å². The number of hydrogen-bond acceptors (Lipinski definition) is 5. The fourth-order valence-electron chi connectivity index (χ4n) is 2.78. The van der Waals surface area contributed by atoms with Crippen molar-refractivity contribution >= 4 is 0 Å². The Hall–Kier alpha value is -0.460. The first-order valence-corrected chi connectivity index (χ1v) is 9.55. The smallest absolute Gasteiger partial charge is 0.111 e. The molecule has 24 heavy (non-hydrogen) atoms. The molecule has 3 N–H and O–H groups in total. The van der Waals surface area contributed by atoms with Gasteiger partial charge in [-0.3, -0.25) is 0 Å². The van der Waals surface area contributed by atoms with E-state index in [1.165, 1.54) is 38.5 Å². The molecule has 0 saturated carbocycles. The minimum absolute atomic E-state index is 0.0387. The first kappa shape index (κ1) is 21.6. The van der Waals surface area contributed by atoms with E-state index in [9.17, 15) is 15.3 Å². The predicted molar refractivity (Wildman–Crippen MR) is 94.9 cm³/mol. The summed E-state index contributed by atoms with van der Waals surface area (Å²) in [6.45, 7) is 3.16. The molecule has 0 aromatic rings. The highest BCUT2D eigenvalue weighted by molar-refractivity contribution is 4.86. The lowest BCUT2D eigenvalue weighted by Gasteiger charge is -2.35. The molecule has 0 aliphatic carbocycles. The fraction of sp³-hybridized carbons (Fsp3) is 0.895. The van der Waals surface area contributed by atoms with E-state index in [0.29, 0.717) is 6.61 Å². The third-order valence-electron chi connectivity index (χ3n) is 4.44. The topological polar surface area (TPSA) is 79.2 Å². The van der Waals surface area contributed by atoms with Gasteiger partial charge >= 0.3 is 0 Å². The van der Waals surface area contributed by atoms with Crippen molar-refractivity contribution in [3.8, 4) is 0 Å². The lowest BCUT2D eigenvalue weighted by Crippen LogP contribution is -2.54. The molecule has 0 radical (unpaired) electrons. The lowest BCUT2D eigenvalue weighted by molar-refractivity contribution is -0.199. The van der Waals surface area contributed by atoms with Gasteiger partial charge in [0.2, 0.25) is 0 Å². The summed E-state index contributed by atoms with van der Waals surface area (Å²) in [5, 5.41) is 28.7. The van der Waals surface area contributed by atoms with Gasteiger partial charge in [-0.15, -0.1) is 0 Å². The molecule has 0 aromatic carbocycles. The Kier molecular flexibility index (Phi) is 12.4. The molecule has 4 atom stereocenters. The second-order valence-corrected chi connectivity index (χ2v) is 6.67. The van der Waals surface area contributed by atoms with Crippen molar-refractivity contribution in [3.63, 3.8) is 0 Å². The van der Waals surface area contributed by atoms with Gasteiger partial charge in [0, 0.05) is 6.61 Å². The Labute approximate surface area is 146 Å². The molecule has 1 saturated heterocycles. The van der Waals surface area contributed by atoms with E-state index in [4.69, 9.17) is 9.47 Å². The Balaban J connectivity index is 1.89. The fourth-order valence-corrected chi connectivity index (χ4v) is 2.78. The van der Waals surface area contributed by atoms with Crippen LogP contribution in [-0.4, -0.2) is 59.6 Å². The van der Waals surface area contributed by atoms with Crippen LogP contribution in [0.15, 0.2) is 12.2 Å². The Morgan fingerprint density at radius 2 is 1.58 bits per heavy atom. The summed E-state index contributed by atoms with van der Waals surface area (Å²) in [7, 11) is 0. The Morgan fingerprint density at radius 1 is 0.917 bits per heavy atom. The number of aliphatic hydroxyl groups is 3. The largest absolute Gasteiger partial charge is 0.388 e. The van der Waals surface area contributed by atoms with Crippen molar-refractivity contribution in [3.05, 3.63) is 12.2 Å². The molecule has 0 unspecified atom stereocenters. The summed E-state index contributed by atoms with van der Waals surface area (Å²) < 4.78 is 10.8. The molecule has 0 spiro atoms. The van der Waals surface area contributed by atoms with Gasteiger partial charge in [0.25, 0.3) is 0 Å². The first-order chi connectivity index (χ1) is 11.7. The van der Waals surface area contributed by atoms with Crippen LogP contribution in [0.3, 0.4) is 0 Å². The van der Waals surface area contributed by atoms with Gasteiger partial charge in [0.05, 0.1) is 13.2 Å². The summed E-state index contributed by atoms with van der Waals surface area (Å²) in [6, 6.07) is 0. The first-order valence-electron chi connectivity index (χ1n) is 9.55. The highest BCUT2D eigenvalue weighted by atomic mass is 16.6. The second-order valence-electron chi connectivity index (χ2n) is 6.67. The van der Waals surface area contributed by atoms with Crippen LogP contribution < -0.4 is 0 Å². The van der Waals surface area contributed by atoms with Crippen molar-refractivity contribution in [2.24, 2.45) is 0 Å². The summed E-state index contributed by atoms with van der Waals surface area (Å²) in [4.78, 5) is 0. The van der Waals surface area contributed by atoms with E-state index in [-0.39, 0.29) is 13.2 Å². The normalized spacial score (nSPS) is 27.8. The molecule has 5 heteroatoms. The van der Waals surface area contributed by atoms with Crippen LogP contribution in [0.25, 0.3) is 0 Å². The molecular weight excluding hydrogens is 308 g/mol. The van der Waals surface area contributed by atoms with E-state index in [2.05, 4.69) is 19.1 Å². The SMILES string of the molecule is CCCCCC/C=C/CCCCCOC[C@@H]1OC[C@@H](O)[C@H](O)[C@H]1O. The number of allylic oxidation sites excluding steroid dienone is 2. The summed E-state index contributed by atoms with van der Waals surface area (Å²) in [5.74, 6) is 0. The average Bonchev–Trinajstić information content (AvgIpc) is 2.58. The zero-order valence-corrected chi connectivity index (χ0v) is 15.1. The molecule has 1 heterocycles. The second kappa shape index (κ2) is 13.8. The summed E-state index contributed by atoms with van der Waals surface area (Å²) in [5.41, 5.74) is 0. The highest BCUT2D eigenvalue weighted by Crippen LogP contribution is 2.16. The van der Waals surface area contributed by atoms with Gasteiger partial charge in [-0.25, -0.2) is 0 Å². The Bertz CT molecular complexity index is 321. The number of hydrogen-bond donors (Lipinski definition) is 3. The monoisotopic (exact) mass is 344 g/mol. The van der Waals surface area contributed by atoms with Gasteiger partial charge in [0.1, 0.15) is 24.4 Å². The summed E-state index contributed by atoms with van der Waals surface area (Å²) in [6.07, 6.45) is 11.7. The van der Waals surface area contributed by atoms with Crippen molar-refractivity contribution in [1.29, 1.82) is 0 Å². The number of ether oxygens (including phenoxy) is 2. The average molecular weight is 344 g/mol. The minimum Gasteiger partial charge on any atom is -0.388 e. The van der Waals surface area contributed by atoms with Crippen LogP contribution in [0.2, 0.25) is 0 Å². The summed E-state index contributed by atoms with van der Waals surface area (Å²) >= 11 is 0. The van der Waals surface area contributed by atoms with Gasteiger partial charge in [-0.2, -0.15) is 0 Å². The van der Waals surface area contributed by atoms with E-state index in [0.717, 1.165) is 19.3 Å². The standard InChI is InChI=1S/C19H36O5/c1-2-3-4-5-6-7-8-9-10-11-12-13-23-15-17-19(22)18(21)16(20)14-24-17/h7-8,16-22H,2-6,9-15H2,1H3/b8-7+/t16-,17+,18+,19+/m1/s1. The third kappa shape index (κ3) is 9.14. The molecule has 1 rings (SSSR count). The van der Waals surface area contributed by atoms with Crippen LogP contribution >= 0.6 is 0 Å². The predicted octanol–water partition coefficient (Wildman–Crippen LogP) is 2.57. The van der Waals surface area contributed by atoms with Crippen LogP contribution in [0.4, 0.5) is 0 Å². The molecule has 1 aliphatic rings. The molecule has 0 amide bonds. The lowest BCUT2D eigenvalue weighted by atomic mass is 10.0. The van der Waals surface area contributed by atoms with Crippen molar-refractivity contribution < 1.29 is 24.8 Å². The maximum absolute atomic E-state index is 9.78. The molecule has 1 fully saturated rings. The van der Waals surface area contributed by atoms with Crippen molar-refractivity contribution in [1.82, 2.24) is 0 Å². The molecule has 142 valence electrons. The van der Waals surface area contributed by atoms with E-state index in [1.807, 2.05) is 0 Å². The van der Waals surface area contributed by atoms with Crippen LogP contribution in [0.1, 0.15) is 64.7 Å². The highest BCUT2D eigenvalue weighted by Gasteiger charge is 2.37. The molecule has 0 bridgehead atoms. The van der Waals surface area contributed by atoms with Crippen LogP contribution in [-0.2, 0) is 9.47 Å². The molecule has 1 aliphatic heterocycles.